The number of aryl methyl sites for hydroxylation is 1. The predicted octanol–water partition coefficient (Wildman–Crippen LogP) is 4.85. The van der Waals surface area contributed by atoms with Crippen molar-refractivity contribution in [1.29, 1.82) is 0 Å². The first-order valence-corrected chi connectivity index (χ1v) is 9.78. The molecule has 0 spiro atoms. The molecule has 4 N–H and O–H groups in total. The molecule has 0 aliphatic heterocycles. The first kappa shape index (κ1) is 21.8. The summed E-state index contributed by atoms with van der Waals surface area (Å²) in [5, 5.41) is 7.20. The molecule has 3 rings (SSSR count). The van der Waals surface area contributed by atoms with E-state index in [9.17, 15) is 14.4 Å². The lowest BCUT2D eigenvalue weighted by Crippen LogP contribution is -2.28. The van der Waals surface area contributed by atoms with Crippen molar-refractivity contribution in [3.63, 3.8) is 0 Å². The number of amides is 3. The molecule has 0 aliphatic rings. The first-order chi connectivity index (χ1) is 14.5. The van der Waals surface area contributed by atoms with E-state index in [0.29, 0.717) is 22.5 Å². The number of nitrogens with one attached hydrogen (secondary N) is 2. The summed E-state index contributed by atoms with van der Waals surface area (Å²) in [5.41, 5.74) is 6.81. The number of hydrogen-bond donors (Lipinski definition) is 3. The Hall–Kier alpha value is -3.87. The van der Waals surface area contributed by atoms with Crippen LogP contribution in [0.3, 0.4) is 0 Å². The molecule has 7 nitrogen and oxygen atoms in total. The van der Waals surface area contributed by atoms with Crippen molar-refractivity contribution in [3.8, 4) is 0 Å². The summed E-state index contributed by atoms with van der Waals surface area (Å²) < 4.78 is 5.33. The molecular weight excluding hydrogens is 394 g/mol. The van der Waals surface area contributed by atoms with Crippen molar-refractivity contribution >= 4 is 40.1 Å². The largest absolute Gasteiger partial charge is 0.444 e. The molecule has 0 aliphatic carbocycles. The fourth-order valence-corrected chi connectivity index (χ4v) is 3.16. The van der Waals surface area contributed by atoms with E-state index < -0.39 is 23.5 Å². The zero-order valence-electron chi connectivity index (χ0n) is 17.9. The zero-order chi connectivity index (χ0) is 22.8. The average molecular weight is 419 g/mol. The highest BCUT2D eigenvalue weighted by atomic mass is 16.6. The summed E-state index contributed by atoms with van der Waals surface area (Å²) in [7, 11) is 0. The fraction of sp³-hybridized carbons (Fsp3) is 0.208. The summed E-state index contributed by atoms with van der Waals surface area (Å²) in [4.78, 5) is 36.8. The van der Waals surface area contributed by atoms with Gasteiger partial charge in [0.05, 0.1) is 11.3 Å². The molecule has 3 amide bonds. The van der Waals surface area contributed by atoms with Crippen LogP contribution in [0.5, 0.6) is 0 Å². The number of carbonyl (C=O) groups is 3. The van der Waals surface area contributed by atoms with Gasteiger partial charge in [0.25, 0.3) is 5.91 Å². The predicted molar refractivity (Wildman–Crippen MR) is 121 cm³/mol. The smallest absolute Gasteiger partial charge is 0.412 e. The number of nitrogens with two attached hydrogens (primary N) is 1. The number of anilines is 2. The van der Waals surface area contributed by atoms with Crippen LogP contribution < -0.4 is 16.4 Å². The Morgan fingerprint density at radius 2 is 1.52 bits per heavy atom. The van der Waals surface area contributed by atoms with Gasteiger partial charge >= 0.3 is 6.09 Å². The maximum atomic E-state index is 13.1. The van der Waals surface area contributed by atoms with Crippen molar-refractivity contribution < 1.29 is 19.1 Å². The lowest BCUT2D eigenvalue weighted by Gasteiger charge is -2.20. The number of benzene rings is 3. The molecule has 0 fully saturated rings. The molecule has 0 atom stereocenters. The van der Waals surface area contributed by atoms with Gasteiger partial charge in [0.1, 0.15) is 5.60 Å². The zero-order valence-corrected chi connectivity index (χ0v) is 17.9. The quantitative estimate of drug-likeness (QED) is 0.561. The molecule has 0 bridgehead atoms. The van der Waals surface area contributed by atoms with E-state index in [4.69, 9.17) is 10.5 Å². The van der Waals surface area contributed by atoms with Crippen LogP contribution in [0.15, 0.2) is 54.6 Å². The molecule has 3 aromatic carbocycles. The van der Waals surface area contributed by atoms with Gasteiger partial charge in [-0.3, -0.25) is 14.9 Å². The van der Waals surface area contributed by atoms with Crippen LogP contribution >= 0.6 is 0 Å². The normalized spacial score (nSPS) is 11.1. The minimum absolute atomic E-state index is 0.279. The van der Waals surface area contributed by atoms with E-state index in [-0.39, 0.29) is 5.56 Å². The number of carbonyl (C=O) groups excluding carboxylic acids is 3. The molecule has 3 aromatic rings. The van der Waals surface area contributed by atoms with E-state index in [2.05, 4.69) is 10.6 Å². The molecule has 0 unspecified atom stereocenters. The van der Waals surface area contributed by atoms with Gasteiger partial charge in [-0.2, -0.15) is 0 Å². The van der Waals surface area contributed by atoms with Gasteiger partial charge < -0.3 is 15.8 Å². The van der Waals surface area contributed by atoms with Crippen molar-refractivity contribution in [1.82, 2.24) is 0 Å². The molecule has 7 heteroatoms. The van der Waals surface area contributed by atoms with Crippen LogP contribution in [0, 0.1) is 6.92 Å². The fourth-order valence-electron chi connectivity index (χ4n) is 3.16. The number of fused-ring (bicyclic) bond motifs is 1. The van der Waals surface area contributed by atoms with Gasteiger partial charge in [0.2, 0.25) is 5.91 Å². The van der Waals surface area contributed by atoms with Gasteiger partial charge in [-0.05, 0) is 74.4 Å². The summed E-state index contributed by atoms with van der Waals surface area (Å²) in [6.07, 6.45) is -0.654. The maximum absolute atomic E-state index is 13.1. The SMILES string of the molecule is Cc1cc(NC(=O)c2cc3ccccc3cc2NC(=O)OC(C)(C)C)ccc1C(N)=O. The molecular formula is C24H25N3O4. The second-order valence-corrected chi connectivity index (χ2v) is 8.22. The number of rotatable bonds is 4. The van der Waals surface area contributed by atoms with Gasteiger partial charge in [0, 0.05) is 11.3 Å². The molecule has 160 valence electrons. The lowest BCUT2D eigenvalue weighted by atomic mass is 10.0. The summed E-state index contributed by atoms with van der Waals surface area (Å²) in [6.45, 7) is 7.03. The second kappa shape index (κ2) is 8.47. The van der Waals surface area contributed by atoms with Crippen LogP contribution in [0.4, 0.5) is 16.2 Å². The van der Waals surface area contributed by atoms with E-state index in [1.807, 2.05) is 24.3 Å². The van der Waals surface area contributed by atoms with Crippen molar-refractivity contribution in [2.24, 2.45) is 5.73 Å². The molecule has 0 saturated carbocycles. The number of hydrogen-bond acceptors (Lipinski definition) is 4. The third kappa shape index (κ3) is 5.39. The van der Waals surface area contributed by atoms with Crippen LogP contribution in [0.1, 0.15) is 47.1 Å². The van der Waals surface area contributed by atoms with Crippen LogP contribution in [0.25, 0.3) is 10.8 Å². The van der Waals surface area contributed by atoms with E-state index >= 15 is 0 Å². The summed E-state index contributed by atoms with van der Waals surface area (Å²) >= 11 is 0. The van der Waals surface area contributed by atoms with Gasteiger partial charge in [-0.1, -0.05) is 24.3 Å². The van der Waals surface area contributed by atoms with Gasteiger partial charge in [0.15, 0.2) is 0 Å². The summed E-state index contributed by atoms with van der Waals surface area (Å²) in [6, 6.07) is 15.8. The number of ether oxygens (including phenoxy) is 1. The van der Waals surface area contributed by atoms with Crippen LogP contribution in [0.2, 0.25) is 0 Å². The first-order valence-electron chi connectivity index (χ1n) is 9.78. The highest BCUT2D eigenvalue weighted by molar-refractivity contribution is 6.12. The van der Waals surface area contributed by atoms with Gasteiger partial charge in [-0.15, -0.1) is 0 Å². The molecule has 0 aromatic heterocycles. The second-order valence-electron chi connectivity index (χ2n) is 8.22. The van der Waals surface area contributed by atoms with E-state index in [1.165, 1.54) is 0 Å². The minimum atomic E-state index is -0.678. The third-order valence-corrected chi connectivity index (χ3v) is 4.52. The maximum Gasteiger partial charge on any atom is 0.412 e. The van der Waals surface area contributed by atoms with Crippen molar-refractivity contribution in [3.05, 3.63) is 71.3 Å². The van der Waals surface area contributed by atoms with Gasteiger partial charge in [-0.25, -0.2) is 4.79 Å². The van der Waals surface area contributed by atoms with Crippen LogP contribution in [-0.2, 0) is 4.74 Å². The lowest BCUT2D eigenvalue weighted by molar-refractivity contribution is 0.0635. The third-order valence-electron chi connectivity index (χ3n) is 4.52. The molecule has 31 heavy (non-hydrogen) atoms. The highest BCUT2D eigenvalue weighted by Crippen LogP contribution is 2.26. The Balaban J connectivity index is 1.95. The molecule has 0 radical (unpaired) electrons. The molecule has 0 heterocycles. The van der Waals surface area contributed by atoms with Crippen molar-refractivity contribution in [2.45, 2.75) is 33.3 Å². The highest BCUT2D eigenvalue weighted by Gasteiger charge is 2.20. The van der Waals surface area contributed by atoms with E-state index in [1.54, 1.807) is 58.0 Å². The Labute approximate surface area is 180 Å². The Bertz CT molecular complexity index is 1180. The monoisotopic (exact) mass is 419 g/mol. The Kier molecular flexibility index (Phi) is 5.97. The minimum Gasteiger partial charge on any atom is -0.444 e. The standard InChI is InChI=1S/C24H25N3O4/c1-14-11-17(9-10-18(14)21(25)28)26-22(29)19-12-15-7-5-6-8-16(15)13-20(19)27-23(30)31-24(2,3)4/h5-13H,1-4H3,(H2,25,28)(H,26,29)(H,27,30). The van der Waals surface area contributed by atoms with Crippen LogP contribution in [-0.4, -0.2) is 23.5 Å². The average Bonchev–Trinajstić information content (AvgIpc) is 2.65. The Morgan fingerprint density at radius 3 is 2.10 bits per heavy atom. The van der Waals surface area contributed by atoms with Crippen molar-refractivity contribution in [2.75, 3.05) is 10.6 Å². The van der Waals surface area contributed by atoms with E-state index in [0.717, 1.165) is 10.8 Å². The number of primary amides is 1. The molecule has 0 saturated heterocycles. The topological polar surface area (TPSA) is 111 Å². The Morgan fingerprint density at radius 1 is 0.871 bits per heavy atom. The summed E-state index contributed by atoms with van der Waals surface area (Å²) in [5.74, 6) is -0.947.